The lowest BCUT2D eigenvalue weighted by Crippen LogP contribution is -2.55. The third kappa shape index (κ3) is 7.57. The number of hydrogen-bond acceptors (Lipinski definition) is 0. The second-order valence-corrected chi connectivity index (χ2v) is 30.1. The number of benzene rings is 14. The van der Waals surface area contributed by atoms with Crippen LogP contribution in [0.2, 0.25) is 0 Å². The Balaban J connectivity index is 0.000000126. The van der Waals surface area contributed by atoms with E-state index in [9.17, 15) is 0 Å². The second-order valence-electron chi connectivity index (χ2n) is 30.1. The molecule has 0 saturated heterocycles. The standard InChI is InChI=1S/C48H38.C46H36/c1-2-10-32(11-3-1)33-18-20-34(21-19-33)46-39-13-4-6-15-41(39)47(42-16-7-5-14-40(42)46)35-22-23-45-43(29-35)38-12-8-9-17-44(38)48(45)36-25-30-24-31(27-36)28-37(48)26-30;1-2-10-31-26-32(18-17-30(31)9-1)44-37-12-3-5-14-39(37)45(40-15-6-4-13-38(40)44)33-19-20-43-41(27-33)36-11-7-8-16-42(36)46(43)34-22-28-21-29(24-34)25-35(46)23-28/h1-23,29-31,36-37H,24-28H2;1-20,26-29,34-35H,21-25H2. The monoisotopic (exact) mass is 1200 g/mol. The highest BCUT2D eigenvalue weighted by molar-refractivity contribution is 6.23. The van der Waals surface area contributed by atoms with E-state index in [2.05, 4.69) is 279 Å². The molecule has 10 aliphatic carbocycles. The molecule has 0 unspecified atom stereocenters. The summed E-state index contributed by atoms with van der Waals surface area (Å²) < 4.78 is 0. The van der Waals surface area contributed by atoms with Crippen molar-refractivity contribution in [3.05, 3.63) is 301 Å². The summed E-state index contributed by atoms with van der Waals surface area (Å²) in [6, 6.07) is 106. The minimum Gasteiger partial charge on any atom is -0.0622 e. The van der Waals surface area contributed by atoms with E-state index in [1.807, 2.05) is 0 Å². The Morgan fingerprint density at radius 1 is 0.191 bits per heavy atom. The van der Waals surface area contributed by atoms with Crippen LogP contribution in [0.5, 0.6) is 0 Å². The van der Waals surface area contributed by atoms with Crippen LogP contribution in [0.1, 0.15) is 86.5 Å². The highest BCUT2D eigenvalue weighted by atomic mass is 14.7. The van der Waals surface area contributed by atoms with Crippen molar-refractivity contribution in [2.24, 2.45) is 47.3 Å². The normalized spacial score (nSPS) is 25.1. The van der Waals surface area contributed by atoms with E-state index in [-0.39, 0.29) is 10.8 Å². The molecule has 0 N–H and O–H groups in total. The summed E-state index contributed by atoms with van der Waals surface area (Å²) in [5, 5.41) is 13.2. The summed E-state index contributed by atoms with van der Waals surface area (Å²) in [6.45, 7) is 0. The molecule has 450 valence electrons. The summed E-state index contributed by atoms with van der Waals surface area (Å²) in [5.74, 6) is 7.00. The van der Waals surface area contributed by atoms with Crippen molar-refractivity contribution >= 4 is 53.9 Å². The quantitative estimate of drug-likeness (QED) is 0.151. The maximum atomic E-state index is 2.58. The molecule has 0 heteroatoms. The zero-order valence-electron chi connectivity index (χ0n) is 53.2. The first-order valence-corrected chi connectivity index (χ1v) is 35.6. The Morgan fingerprint density at radius 2 is 0.479 bits per heavy atom. The molecule has 0 aliphatic heterocycles. The third-order valence-electron chi connectivity index (χ3n) is 25.9. The molecule has 24 rings (SSSR count). The predicted octanol–water partition coefficient (Wildman–Crippen LogP) is 24.9. The fourth-order valence-corrected chi connectivity index (χ4v) is 22.9. The average Bonchev–Trinajstić information content (AvgIpc) is 1.52. The van der Waals surface area contributed by atoms with Crippen LogP contribution in [0.25, 0.3) is 132 Å². The van der Waals surface area contributed by atoms with Gasteiger partial charge in [-0.15, -0.1) is 0 Å². The summed E-state index contributed by atoms with van der Waals surface area (Å²) in [6.07, 6.45) is 14.4. The van der Waals surface area contributed by atoms with Gasteiger partial charge in [-0.3, -0.25) is 0 Å². The van der Waals surface area contributed by atoms with Crippen LogP contribution < -0.4 is 0 Å². The molecule has 14 aromatic carbocycles. The van der Waals surface area contributed by atoms with E-state index in [0.717, 1.165) is 47.3 Å². The first-order chi connectivity index (χ1) is 46.5. The molecule has 8 bridgehead atoms. The largest absolute Gasteiger partial charge is 0.0622 e. The second kappa shape index (κ2) is 20.4. The van der Waals surface area contributed by atoms with Gasteiger partial charge >= 0.3 is 0 Å². The summed E-state index contributed by atoms with van der Waals surface area (Å²) in [4.78, 5) is 0. The Hall–Kier alpha value is -9.62. The van der Waals surface area contributed by atoms with Crippen LogP contribution in [0.3, 0.4) is 0 Å². The van der Waals surface area contributed by atoms with Gasteiger partial charge in [-0.25, -0.2) is 0 Å². The van der Waals surface area contributed by atoms with Gasteiger partial charge < -0.3 is 0 Å². The molecule has 14 aromatic rings. The van der Waals surface area contributed by atoms with Crippen molar-refractivity contribution in [2.45, 2.75) is 75.0 Å². The van der Waals surface area contributed by atoms with E-state index in [1.165, 1.54) is 196 Å². The van der Waals surface area contributed by atoms with Crippen molar-refractivity contribution in [3.8, 4) is 77.9 Å². The Bertz CT molecular complexity index is 5290. The van der Waals surface area contributed by atoms with Gasteiger partial charge in [0.15, 0.2) is 0 Å². The first kappa shape index (κ1) is 53.8. The molecule has 8 fully saturated rings. The molecular weight excluding hydrogens is 1130 g/mol. The molecule has 10 aliphatic rings. The molecule has 94 heavy (non-hydrogen) atoms. The van der Waals surface area contributed by atoms with Crippen LogP contribution in [0, 0.1) is 47.3 Å². The highest BCUT2D eigenvalue weighted by Crippen LogP contribution is 2.71. The van der Waals surface area contributed by atoms with Crippen LogP contribution >= 0.6 is 0 Å². The van der Waals surface area contributed by atoms with Crippen LogP contribution in [-0.2, 0) is 10.8 Å². The smallest absolute Gasteiger partial charge is 0.0271 e. The van der Waals surface area contributed by atoms with Crippen LogP contribution in [0.15, 0.2) is 279 Å². The SMILES string of the molecule is c1ccc(-c2ccc(-c3c4ccccc4c(-c4ccc5c(c4)-c4ccccc4C54C5CC6CC(C5)CC4C6)c4ccccc34)cc2)cc1.c1ccc2c(c1)-c1cc(-c3c4ccccc4c(-c4ccc5ccccc5c4)c4ccccc34)ccc1C21C2CC3CC(C2)CC1C3. The van der Waals surface area contributed by atoms with E-state index < -0.39 is 0 Å². The summed E-state index contributed by atoms with van der Waals surface area (Å²) in [5.41, 5.74) is 26.0. The van der Waals surface area contributed by atoms with Gasteiger partial charge in [0.2, 0.25) is 0 Å². The summed E-state index contributed by atoms with van der Waals surface area (Å²) in [7, 11) is 0. The lowest BCUT2D eigenvalue weighted by Gasteiger charge is -2.61. The number of hydrogen-bond donors (Lipinski definition) is 0. The number of rotatable bonds is 5. The Kier molecular flexibility index (Phi) is 11.7. The van der Waals surface area contributed by atoms with Crippen molar-refractivity contribution in [1.82, 2.24) is 0 Å². The van der Waals surface area contributed by atoms with E-state index in [0.29, 0.717) is 0 Å². The van der Waals surface area contributed by atoms with Crippen molar-refractivity contribution in [2.75, 3.05) is 0 Å². The van der Waals surface area contributed by atoms with Crippen molar-refractivity contribution in [3.63, 3.8) is 0 Å². The van der Waals surface area contributed by atoms with Crippen molar-refractivity contribution in [1.29, 1.82) is 0 Å². The maximum Gasteiger partial charge on any atom is 0.0271 e. The van der Waals surface area contributed by atoms with Gasteiger partial charge in [0.25, 0.3) is 0 Å². The van der Waals surface area contributed by atoms with Crippen LogP contribution in [0.4, 0.5) is 0 Å². The topological polar surface area (TPSA) is 0 Å². The molecule has 0 atom stereocenters. The van der Waals surface area contributed by atoms with Crippen molar-refractivity contribution < 1.29 is 0 Å². The lowest BCUT2D eigenvalue weighted by molar-refractivity contribution is -0.0399. The molecule has 0 heterocycles. The van der Waals surface area contributed by atoms with E-state index in [4.69, 9.17) is 0 Å². The fraction of sp³-hybridized carbons (Fsp3) is 0.213. The molecule has 0 amide bonds. The predicted molar refractivity (Wildman–Crippen MR) is 394 cm³/mol. The lowest BCUT2D eigenvalue weighted by atomic mass is 9.43. The van der Waals surface area contributed by atoms with Gasteiger partial charge in [-0.05, 0) is 284 Å². The summed E-state index contributed by atoms with van der Waals surface area (Å²) >= 11 is 0. The minimum atomic E-state index is 0.206. The molecule has 8 saturated carbocycles. The molecule has 0 aromatic heterocycles. The van der Waals surface area contributed by atoms with Gasteiger partial charge in [0.1, 0.15) is 0 Å². The Labute approximate surface area is 552 Å². The molecule has 0 radical (unpaired) electrons. The first-order valence-electron chi connectivity index (χ1n) is 35.6. The van der Waals surface area contributed by atoms with Crippen LogP contribution in [-0.4, -0.2) is 0 Å². The molecule has 0 nitrogen and oxygen atoms in total. The van der Waals surface area contributed by atoms with E-state index >= 15 is 0 Å². The third-order valence-corrected chi connectivity index (χ3v) is 25.9. The van der Waals surface area contributed by atoms with Gasteiger partial charge in [-0.1, -0.05) is 261 Å². The zero-order chi connectivity index (χ0) is 61.4. The molecular formula is C94H74. The van der Waals surface area contributed by atoms with Gasteiger partial charge in [-0.2, -0.15) is 0 Å². The zero-order valence-corrected chi connectivity index (χ0v) is 53.2. The molecule has 2 spiro atoms. The average molecular weight is 1200 g/mol. The maximum absolute atomic E-state index is 2.58. The van der Waals surface area contributed by atoms with Gasteiger partial charge in [0, 0.05) is 10.8 Å². The fourth-order valence-electron chi connectivity index (χ4n) is 22.9. The minimum absolute atomic E-state index is 0.206. The van der Waals surface area contributed by atoms with E-state index in [1.54, 1.807) is 22.3 Å². The Morgan fingerprint density at radius 3 is 0.894 bits per heavy atom. The number of fused-ring (bicyclic) bond motifs is 11. The highest BCUT2D eigenvalue weighted by Gasteiger charge is 2.63. The van der Waals surface area contributed by atoms with Gasteiger partial charge in [0.05, 0.1) is 0 Å².